The lowest BCUT2D eigenvalue weighted by Crippen LogP contribution is -2.33. The monoisotopic (exact) mass is 163 g/mol. The van der Waals surface area contributed by atoms with Crippen molar-refractivity contribution in [2.45, 2.75) is 26.0 Å². The van der Waals surface area contributed by atoms with Gasteiger partial charge in [0.2, 0.25) is 0 Å². The van der Waals surface area contributed by atoms with Crippen LogP contribution >= 0.6 is 11.8 Å². The molecule has 3 heteroatoms. The minimum Gasteiger partial charge on any atom is -0.392 e. The van der Waals surface area contributed by atoms with Gasteiger partial charge in [0.1, 0.15) is 0 Å². The van der Waals surface area contributed by atoms with Crippen molar-refractivity contribution >= 4 is 11.8 Å². The fourth-order valence-corrected chi connectivity index (χ4v) is 1.30. The third-order valence-electron chi connectivity index (χ3n) is 1.18. The van der Waals surface area contributed by atoms with E-state index in [-0.39, 0.29) is 6.10 Å². The van der Waals surface area contributed by atoms with Gasteiger partial charge in [0.15, 0.2) is 0 Å². The molecule has 0 aromatic rings. The Morgan fingerprint density at radius 3 is 2.50 bits per heavy atom. The summed E-state index contributed by atoms with van der Waals surface area (Å²) in [5, 5.41) is 12.1. The molecule has 0 saturated heterocycles. The quantitative estimate of drug-likeness (QED) is 0.626. The van der Waals surface area contributed by atoms with Crippen LogP contribution in [0.4, 0.5) is 0 Å². The zero-order valence-electron chi connectivity index (χ0n) is 6.92. The molecule has 2 atom stereocenters. The summed E-state index contributed by atoms with van der Waals surface area (Å²) >= 11 is 1.82. The lowest BCUT2D eigenvalue weighted by Gasteiger charge is -2.13. The number of aliphatic hydroxyl groups excluding tert-OH is 1. The molecule has 2 N–H and O–H groups in total. The first-order valence-corrected chi connectivity index (χ1v) is 4.96. The fraction of sp³-hybridized carbons (Fsp3) is 1.00. The maximum Gasteiger partial charge on any atom is 0.0636 e. The van der Waals surface area contributed by atoms with E-state index in [2.05, 4.69) is 18.5 Å². The number of rotatable bonds is 5. The van der Waals surface area contributed by atoms with Crippen molar-refractivity contribution in [3.63, 3.8) is 0 Å². The van der Waals surface area contributed by atoms with Crippen LogP contribution in [-0.4, -0.2) is 35.8 Å². The molecule has 0 aliphatic heterocycles. The molecule has 10 heavy (non-hydrogen) atoms. The molecule has 0 rings (SSSR count). The van der Waals surface area contributed by atoms with Crippen molar-refractivity contribution in [1.29, 1.82) is 0 Å². The van der Waals surface area contributed by atoms with E-state index in [0.717, 1.165) is 5.75 Å². The number of nitrogens with one attached hydrogen (secondary N) is 1. The molecule has 0 amide bonds. The molecule has 0 aromatic carbocycles. The summed E-state index contributed by atoms with van der Waals surface area (Å²) in [6.07, 6.45) is 1.85. The van der Waals surface area contributed by atoms with E-state index in [9.17, 15) is 0 Å². The van der Waals surface area contributed by atoms with Gasteiger partial charge in [-0.1, -0.05) is 0 Å². The van der Waals surface area contributed by atoms with Gasteiger partial charge < -0.3 is 10.4 Å². The van der Waals surface area contributed by atoms with Gasteiger partial charge in [0.05, 0.1) is 6.10 Å². The summed E-state index contributed by atoms with van der Waals surface area (Å²) in [4.78, 5) is 0. The molecule has 0 aliphatic carbocycles. The lowest BCUT2D eigenvalue weighted by molar-refractivity contribution is 0.188. The molecule has 0 saturated carbocycles. The van der Waals surface area contributed by atoms with Crippen LogP contribution in [-0.2, 0) is 0 Å². The average Bonchev–Trinajstić information content (AvgIpc) is 1.85. The summed E-state index contributed by atoms with van der Waals surface area (Å²) in [5.41, 5.74) is 0. The van der Waals surface area contributed by atoms with Crippen LogP contribution in [0.25, 0.3) is 0 Å². The zero-order valence-corrected chi connectivity index (χ0v) is 7.74. The van der Waals surface area contributed by atoms with Gasteiger partial charge >= 0.3 is 0 Å². The molecule has 0 bridgehead atoms. The minimum atomic E-state index is -0.232. The molecule has 0 fully saturated rings. The molecule has 1 unspecified atom stereocenters. The van der Waals surface area contributed by atoms with Crippen molar-refractivity contribution in [2.24, 2.45) is 0 Å². The van der Waals surface area contributed by atoms with Crippen molar-refractivity contribution in [3.8, 4) is 0 Å². The van der Waals surface area contributed by atoms with E-state index < -0.39 is 0 Å². The molecular formula is C7H17NOS. The van der Waals surface area contributed by atoms with Crippen molar-refractivity contribution in [2.75, 3.05) is 18.6 Å². The second-order valence-corrected chi connectivity index (χ2v) is 3.52. The third-order valence-corrected chi connectivity index (χ3v) is 2.01. The maximum absolute atomic E-state index is 8.90. The third kappa shape index (κ3) is 6.39. The summed E-state index contributed by atoms with van der Waals surface area (Å²) in [6.45, 7) is 4.61. The second-order valence-electron chi connectivity index (χ2n) is 2.61. The Kier molecular flexibility index (Phi) is 6.17. The first kappa shape index (κ1) is 10.3. The van der Waals surface area contributed by atoms with Gasteiger partial charge in [-0.15, -0.1) is 0 Å². The van der Waals surface area contributed by atoms with Gasteiger partial charge in [-0.3, -0.25) is 0 Å². The Hall–Kier alpha value is 0.270. The van der Waals surface area contributed by atoms with Crippen LogP contribution in [0.5, 0.6) is 0 Å². The maximum atomic E-state index is 8.90. The predicted molar refractivity (Wildman–Crippen MR) is 47.5 cm³/mol. The summed E-state index contributed by atoms with van der Waals surface area (Å²) in [7, 11) is 0. The number of aliphatic hydroxyl groups is 1. The average molecular weight is 163 g/mol. The van der Waals surface area contributed by atoms with Crippen LogP contribution in [0.1, 0.15) is 13.8 Å². The number of hydrogen-bond acceptors (Lipinski definition) is 3. The van der Waals surface area contributed by atoms with E-state index in [0.29, 0.717) is 12.6 Å². The first-order chi connectivity index (χ1) is 4.66. The minimum absolute atomic E-state index is 0.232. The van der Waals surface area contributed by atoms with E-state index in [1.54, 1.807) is 6.92 Å². The normalized spacial score (nSPS) is 16.8. The molecule has 0 aromatic heterocycles. The van der Waals surface area contributed by atoms with Crippen molar-refractivity contribution < 1.29 is 5.11 Å². The predicted octanol–water partition coefficient (Wildman–Crippen LogP) is 0.708. The highest BCUT2D eigenvalue weighted by molar-refractivity contribution is 7.98. The highest BCUT2D eigenvalue weighted by Crippen LogP contribution is 1.95. The fourth-order valence-electron chi connectivity index (χ4n) is 0.681. The number of hydrogen-bond donors (Lipinski definition) is 2. The Morgan fingerprint density at radius 2 is 2.10 bits per heavy atom. The van der Waals surface area contributed by atoms with Crippen molar-refractivity contribution in [1.82, 2.24) is 5.32 Å². The zero-order chi connectivity index (χ0) is 7.98. The smallest absolute Gasteiger partial charge is 0.0636 e. The summed E-state index contributed by atoms with van der Waals surface area (Å²) in [6, 6.07) is 0.504. The second kappa shape index (κ2) is 6.01. The topological polar surface area (TPSA) is 32.3 Å². The van der Waals surface area contributed by atoms with Gasteiger partial charge in [-0.2, -0.15) is 11.8 Å². The van der Waals surface area contributed by atoms with Gasteiger partial charge in [0, 0.05) is 18.3 Å². The van der Waals surface area contributed by atoms with E-state index in [1.165, 1.54) is 0 Å². The van der Waals surface area contributed by atoms with E-state index in [1.807, 2.05) is 11.8 Å². The number of thioether (sulfide) groups is 1. The molecule has 0 spiro atoms. The SMILES string of the molecule is CSCC(C)NC[C@H](C)O. The van der Waals surface area contributed by atoms with Gasteiger partial charge in [-0.05, 0) is 20.1 Å². The van der Waals surface area contributed by atoms with Crippen LogP contribution in [0.15, 0.2) is 0 Å². The molecule has 0 radical (unpaired) electrons. The van der Waals surface area contributed by atoms with Crippen LogP contribution < -0.4 is 5.32 Å². The van der Waals surface area contributed by atoms with Crippen molar-refractivity contribution in [3.05, 3.63) is 0 Å². The standard InChI is InChI=1S/C7H17NOS/c1-6(5-10-3)8-4-7(2)9/h6-9H,4-5H2,1-3H3/t6?,7-/m0/s1. The molecule has 2 nitrogen and oxygen atoms in total. The summed E-state index contributed by atoms with van der Waals surface area (Å²) in [5.74, 6) is 1.10. The van der Waals surface area contributed by atoms with E-state index >= 15 is 0 Å². The molecule has 0 aliphatic rings. The van der Waals surface area contributed by atoms with Crippen LogP contribution in [0, 0.1) is 0 Å². The molecular weight excluding hydrogens is 146 g/mol. The largest absolute Gasteiger partial charge is 0.392 e. The summed E-state index contributed by atoms with van der Waals surface area (Å²) < 4.78 is 0. The molecule has 0 heterocycles. The highest BCUT2D eigenvalue weighted by atomic mass is 32.2. The Morgan fingerprint density at radius 1 is 1.50 bits per heavy atom. The Bertz CT molecular complexity index is 78.0. The van der Waals surface area contributed by atoms with Crippen LogP contribution in [0.2, 0.25) is 0 Å². The molecule has 62 valence electrons. The van der Waals surface area contributed by atoms with E-state index in [4.69, 9.17) is 5.11 Å². The van der Waals surface area contributed by atoms with Gasteiger partial charge in [-0.25, -0.2) is 0 Å². The highest BCUT2D eigenvalue weighted by Gasteiger charge is 2.00. The Balaban J connectivity index is 3.12. The van der Waals surface area contributed by atoms with Gasteiger partial charge in [0.25, 0.3) is 0 Å². The Labute approximate surface area is 67.4 Å². The van der Waals surface area contributed by atoms with Crippen LogP contribution in [0.3, 0.4) is 0 Å². The first-order valence-electron chi connectivity index (χ1n) is 3.57. The lowest BCUT2D eigenvalue weighted by atomic mass is 10.3.